The first kappa shape index (κ1) is 19.8. The summed E-state index contributed by atoms with van der Waals surface area (Å²) < 4.78 is 5.46. The van der Waals surface area contributed by atoms with Crippen molar-refractivity contribution in [2.24, 2.45) is 34.5 Å². The van der Waals surface area contributed by atoms with Crippen LogP contribution < -0.4 is 0 Å². The zero-order chi connectivity index (χ0) is 20.3. The smallest absolute Gasteiger partial charge is 0.302 e. The van der Waals surface area contributed by atoms with Crippen molar-refractivity contribution in [1.29, 1.82) is 0 Å². The Bertz CT molecular complexity index is 739. The monoisotopic (exact) mass is 388 g/mol. The lowest BCUT2D eigenvalue weighted by Crippen LogP contribution is -2.55. The number of fused-ring (bicyclic) bond motifs is 5. The Morgan fingerprint density at radius 2 is 2.00 bits per heavy atom. The number of allylic oxidation sites excluding steroid dienone is 1. The lowest BCUT2D eigenvalue weighted by molar-refractivity contribution is -0.153. The van der Waals surface area contributed by atoms with Gasteiger partial charge in [-0.05, 0) is 54.8 Å². The molecule has 154 valence electrons. The molecule has 7 atom stereocenters. The molecule has 1 N–H and O–H groups in total. The van der Waals surface area contributed by atoms with Gasteiger partial charge in [0, 0.05) is 31.6 Å². The molecule has 4 aliphatic rings. The molecule has 0 amide bonds. The highest BCUT2D eigenvalue weighted by molar-refractivity contribution is 5.88. The van der Waals surface area contributed by atoms with Crippen LogP contribution >= 0.6 is 0 Å². The summed E-state index contributed by atoms with van der Waals surface area (Å²) in [5.74, 6) is 0.408. The van der Waals surface area contributed by atoms with Crippen LogP contribution in [0.5, 0.6) is 0 Å². The fraction of sp³-hybridized carbons (Fsp3) is 0.783. The lowest BCUT2D eigenvalue weighted by Gasteiger charge is -2.56. The van der Waals surface area contributed by atoms with E-state index in [1.54, 1.807) is 0 Å². The van der Waals surface area contributed by atoms with Crippen molar-refractivity contribution < 1.29 is 24.2 Å². The van der Waals surface area contributed by atoms with Crippen LogP contribution in [-0.4, -0.2) is 35.4 Å². The van der Waals surface area contributed by atoms with E-state index >= 15 is 0 Å². The van der Waals surface area contributed by atoms with Gasteiger partial charge in [-0.1, -0.05) is 25.5 Å². The van der Waals surface area contributed by atoms with Gasteiger partial charge in [-0.3, -0.25) is 14.4 Å². The summed E-state index contributed by atoms with van der Waals surface area (Å²) in [6.07, 6.45) is 7.71. The minimum atomic E-state index is -0.422. The van der Waals surface area contributed by atoms with Gasteiger partial charge in [0.1, 0.15) is 18.5 Å². The van der Waals surface area contributed by atoms with Crippen molar-refractivity contribution >= 4 is 17.5 Å². The second-order valence-corrected chi connectivity index (χ2v) is 10.0. The minimum absolute atomic E-state index is 0.00633. The van der Waals surface area contributed by atoms with Crippen LogP contribution in [0.4, 0.5) is 0 Å². The first-order valence-electron chi connectivity index (χ1n) is 10.7. The Morgan fingerprint density at radius 3 is 2.68 bits per heavy atom. The second kappa shape index (κ2) is 6.79. The number of aliphatic hydroxyl groups excluding tert-OH is 1. The Hall–Kier alpha value is -1.49. The van der Waals surface area contributed by atoms with Gasteiger partial charge in [-0.15, -0.1) is 0 Å². The Labute approximate surface area is 166 Å². The van der Waals surface area contributed by atoms with Crippen molar-refractivity contribution in [3.05, 3.63) is 11.6 Å². The van der Waals surface area contributed by atoms with Crippen molar-refractivity contribution in [2.75, 3.05) is 6.61 Å². The van der Waals surface area contributed by atoms with Gasteiger partial charge in [0.15, 0.2) is 5.78 Å². The van der Waals surface area contributed by atoms with Crippen LogP contribution in [0.2, 0.25) is 0 Å². The number of esters is 1. The predicted octanol–water partition coefficient (Wildman–Crippen LogP) is 3.24. The summed E-state index contributed by atoms with van der Waals surface area (Å²) in [6.45, 7) is 5.37. The van der Waals surface area contributed by atoms with Crippen LogP contribution in [0.15, 0.2) is 11.6 Å². The molecule has 0 spiro atoms. The van der Waals surface area contributed by atoms with Crippen LogP contribution in [-0.2, 0) is 19.1 Å². The molecule has 3 saturated carbocycles. The molecule has 0 heterocycles. The lowest BCUT2D eigenvalue weighted by atomic mass is 9.47. The summed E-state index contributed by atoms with van der Waals surface area (Å²) in [5.41, 5.74) is 0.815. The average molecular weight is 389 g/mol. The highest BCUT2D eigenvalue weighted by Gasteiger charge is 2.62. The first-order chi connectivity index (χ1) is 13.2. The van der Waals surface area contributed by atoms with Gasteiger partial charge in [0.25, 0.3) is 0 Å². The zero-order valence-corrected chi connectivity index (χ0v) is 17.2. The first-order valence-corrected chi connectivity index (χ1v) is 10.7. The molecule has 4 aliphatic carbocycles. The van der Waals surface area contributed by atoms with E-state index in [9.17, 15) is 19.5 Å². The molecule has 0 unspecified atom stereocenters. The van der Waals surface area contributed by atoms with E-state index < -0.39 is 6.61 Å². The predicted molar refractivity (Wildman–Crippen MR) is 103 cm³/mol. The summed E-state index contributed by atoms with van der Waals surface area (Å²) in [5, 5.41) is 9.40. The van der Waals surface area contributed by atoms with E-state index in [-0.39, 0.29) is 46.4 Å². The minimum Gasteiger partial charge on any atom is -0.462 e. The van der Waals surface area contributed by atoms with Crippen molar-refractivity contribution in [3.63, 3.8) is 0 Å². The summed E-state index contributed by atoms with van der Waals surface area (Å²) >= 11 is 0. The third-order valence-corrected chi connectivity index (χ3v) is 8.62. The molecule has 0 aromatic carbocycles. The topological polar surface area (TPSA) is 80.7 Å². The normalized spacial score (nSPS) is 44.8. The maximum atomic E-state index is 13.5. The number of hydrogen-bond donors (Lipinski definition) is 1. The fourth-order valence-corrected chi connectivity index (χ4v) is 7.43. The molecule has 5 nitrogen and oxygen atoms in total. The number of aliphatic hydroxyl groups is 1. The highest BCUT2D eigenvalue weighted by atomic mass is 16.5. The van der Waals surface area contributed by atoms with Gasteiger partial charge >= 0.3 is 5.97 Å². The molecule has 28 heavy (non-hydrogen) atoms. The zero-order valence-electron chi connectivity index (χ0n) is 17.2. The van der Waals surface area contributed by atoms with Crippen LogP contribution in [0.25, 0.3) is 0 Å². The van der Waals surface area contributed by atoms with E-state index in [0.29, 0.717) is 18.1 Å². The van der Waals surface area contributed by atoms with E-state index in [1.165, 1.54) is 12.5 Å². The molecule has 0 aromatic rings. The molecule has 0 aromatic heterocycles. The summed E-state index contributed by atoms with van der Waals surface area (Å²) in [6, 6.07) is 0. The maximum absolute atomic E-state index is 13.5. The fourth-order valence-electron chi connectivity index (χ4n) is 7.43. The molecule has 0 aliphatic heterocycles. The van der Waals surface area contributed by atoms with Crippen molar-refractivity contribution in [1.82, 2.24) is 0 Å². The van der Waals surface area contributed by atoms with E-state index in [2.05, 4.69) is 19.9 Å². The third kappa shape index (κ3) is 2.80. The number of rotatable bonds is 3. The molecular formula is C23H32O5. The number of Topliss-reactive ketones (excluding diaryl/α,β-unsaturated/α-hetero) is 2. The number of carbonyl (C=O) groups excluding carboxylic acids is 3. The Balaban J connectivity index is 1.63. The standard InChI is InChI=1S/C23H32O5/c1-13(25)28-15-8-9-22(2)14(10-15)4-5-16-17-6-7-18(20(27)12-24)23(17,3)11-19(26)21(16)22/h4,15-18,21,24H,5-12H2,1-3H3/t15-,16-,17-,18+,21+,22-,23-/m0/s1. The van der Waals surface area contributed by atoms with Gasteiger partial charge in [-0.2, -0.15) is 0 Å². The largest absolute Gasteiger partial charge is 0.462 e. The third-order valence-electron chi connectivity index (χ3n) is 8.62. The highest BCUT2D eigenvalue weighted by Crippen LogP contribution is 2.65. The van der Waals surface area contributed by atoms with Gasteiger partial charge in [0.2, 0.25) is 0 Å². The maximum Gasteiger partial charge on any atom is 0.302 e. The van der Waals surface area contributed by atoms with E-state index in [1.807, 2.05) is 0 Å². The quantitative estimate of drug-likeness (QED) is 0.593. The number of hydrogen-bond acceptors (Lipinski definition) is 5. The van der Waals surface area contributed by atoms with Crippen LogP contribution in [0.3, 0.4) is 0 Å². The second-order valence-electron chi connectivity index (χ2n) is 10.0. The average Bonchev–Trinajstić information content (AvgIpc) is 2.97. The van der Waals surface area contributed by atoms with Gasteiger partial charge in [0.05, 0.1) is 0 Å². The number of ketones is 2. The van der Waals surface area contributed by atoms with Gasteiger partial charge < -0.3 is 9.84 Å². The van der Waals surface area contributed by atoms with E-state index in [0.717, 1.165) is 38.5 Å². The van der Waals surface area contributed by atoms with Crippen molar-refractivity contribution in [2.45, 2.75) is 71.8 Å². The molecule has 4 rings (SSSR count). The molecule has 0 radical (unpaired) electrons. The molecule has 0 saturated heterocycles. The summed E-state index contributed by atoms with van der Waals surface area (Å²) in [4.78, 5) is 37.2. The molecule has 0 bridgehead atoms. The molecule has 3 fully saturated rings. The number of carbonyl (C=O) groups is 3. The number of ether oxygens (including phenoxy) is 1. The van der Waals surface area contributed by atoms with Crippen LogP contribution in [0.1, 0.15) is 65.7 Å². The van der Waals surface area contributed by atoms with E-state index in [4.69, 9.17) is 4.74 Å². The Morgan fingerprint density at radius 1 is 1.25 bits per heavy atom. The molecule has 5 heteroatoms. The van der Waals surface area contributed by atoms with Crippen molar-refractivity contribution in [3.8, 4) is 0 Å². The van der Waals surface area contributed by atoms with Gasteiger partial charge in [-0.25, -0.2) is 0 Å². The Kier molecular flexibility index (Phi) is 4.80. The summed E-state index contributed by atoms with van der Waals surface area (Å²) in [7, 11) is 0. The molecular weight excluding hydrogens is 356 g/mol. The van der Waals surface area contributed by atoms with Crippen LogP contribution in [0, 0.1) is 34.5 Å². The SMILES string of the molecule is CC(=O)O[C@H]1CC[C@@]2(C)C(=CC[C@H]3[C@@H]4CC[C@H](C(=O)CO)[C@@]4(C)CC(=O)[C@@H]32)C1.